The monoisotopic (exact) mass is 259 g/mol. The summed E-state index contributed by atoms with van der Waals surface area (Å²) < 4.78 is 2.12. The van der Waals surface area contributed by atoms with Gasteiger partial charge in [0.2, 0.25) is 0 Å². The number of fused-ring (bicyclic) bond motifs is 2. The van der Waals surface area contributed by atoms with Crippen LogP contribution in [0.3, 0.4) is 0 Å². The maximum absolute atomic E-state index is 4.20. The Kier molecular flexibility index (Phi) is 2.33. The zero-order valence-corrected chi connectivity index (χ0v) is 11.1. The average molecular weight is 259 g/mol. The summed E-state index contributed by atoms with van der Waals surface area (Å²) in [7, 11) is 2.05. The standard InChI is InChI=1S/C17H13N3/c1-20-11-16(15-5-7-19-10-17(15)20)13-2-3-14-9-18-6-4-12(14)8-13/h2-11H,1H3. The zero-order valence-electron chi connectivity index (χ0n) is 11.1. The third-order valence-corrected chi connectivity index (χ3v) is 3.74. The number of pyridine rings is 2. The molecule has 1 aromatic carbocycles. The first-order valence-corrected chi connectivity index (χ1v) is 6.56. The van der Waals surface area contributed by atoms with Crippen LogP contribution in [0.4, 0.5) is 0 Å². The fourth-order valence-corrected chi connectivity index (χ4v) is 2.71. The third kappa shape index (κ3) is 1.60. The smallest absolute Gasteiger partial charge is 0.0670 e. The van der Waals surface area contributed by atoms with E-state index in [2.05, 4.69) is 52.0 Å². The third-order valence-electron chi connectivity index (χ3n) is 3.74. The first-order valence-electron chi connectivity index (χ1n) is 6.56. The van der Waals surface area contributed by atoms with Crippen LogP contribution in [0.15, 0.2) is 61.3 Å². The quantitative estimate of drug-likeness (QED) is 0.520. The van der Waals surface area contributed by atoms with Crippen LogP contribution in [0.25, 0.3) is 32.8 Å². The molecule has 4 aromatic rings. The largest absolute Gasteiger partial charge is 0.349 e. The minimum Gasteiger partial charge on any atom is -0.349 e. The van der Waals surface area contributed by atoms with E-state index >= 15 is 0 Å². The Bertz CT molecular complexity index is 922. The summed E-state index contributed by atoms with van der Waals surface area (Å²) in [6, 6.07) is 10.6. The number of aryl methyl sites for hydroxylation is 1. The molecule has 3 heteroatoms. The van der Waals surface area contributed by atoms with Crippen LogP contribution >= 0.6 is 0 Å². The van der Waals surface area contributed by atoms with Gasteiger partial charge < -0.3 is 4.57 Å². The lowest BCUT2D eigenvalue weighted by Crippen LogP contribution is -1.83. The highest BCUT2D eigenvalue weighted by molar-refractivity contribution is 5.98. The Hall–Kier alpha value is -2.68. The summed E-state index contributed by atoms with van der Waals surface area (Å²) in [6.45, 7) is 0. The Morgan fingerprint density at radius 3 is 2.70 bits per heavy atom. The molecule has 20 heavy (non-hydrogen) atoms. The number of hydrogen-bond donors (Lipinski definition) is 0. The van der Waals surface area contributed by atoms with Gasteiger partial charge in [0.05, 0.1) is 11.7 Å². The van der Waals surface area contributed by atoms with Gasteiger partial charge in [-0.2, -0.15) is 0 Å². The number of rotatable bonds is 1. The highest BCUT2D eigenvalue weighted by Gasteiger charge is 2.08. The molecule has 3 nitrogen and oxygen atoms in total. The van der Waals surface area contributed by atoms with Crippen LogP contribution in [-0.4, -0.2) is 14.5 Å². The second-order valence-electron chi connectivity index (χ2n) is 4.98. The lowest BCUT2D eigenvalue weighted by molar-refractivity contribution is 0.966. The predicted molar refractivity (Wildman–Crippen MR) is 81.5 cm³/mol. The second kappa shape index (κ2) is 4.17. The highest BCUT2D eigenvalue weighted by Crippen LogP contribution is 2.31. The lowest BCUT2D eigenvalue weighted by Gasteiger charge is -2.02. The van der Waals surface area contributed by atoms with Crippen LogP contribution < -0.4 is 0 Å². The fourth-order valence-electron chi connectivity index (χ4n) is 2.71. The molecule has 0 fully saturated rings. The van der Waals surface area contributed by atoms with Crippen molar-refractivity contribution >= 4 is 21.7 Å². The summed E-state index contributed by atoms with van der Waals surface area (Å²) in [5.74, 6) is 0. The molecule has 0 aliphatic heterocycles. The van der Waals surface area contributed by atoms with Gasteiger partial charge in [0.1, 0.15) is 0 Å². The van der Waals surface area contributed by atoms with Crippen LogP contribution in [0.2, 0.25) is 0 Å². The van der Waals surface area contributed by atoms with Crippen molar-refractivity contribution in [1.82, 2.24) is 14.5 Å². The van der Waals surface area contributed by atoms with Crippen molar-refractivity contribution in [2.45, 2.75) is 0 Å². The van der Waals surface area contributed by atoms with E-state index in [1.54, 1.807) is 0 Å². The molecule has 96 valence electrons. The van der Waals surface area contributed by atoms with Crippen molar-refractivity contribution in [1.29, 1.82) is 0 Å². The molecule has 4 rings (SSSR count). The van der Waals surface area contributed by atoms with E-state index in [-0.39, 0.29) is 0 Å². The van der Waals surface area contributed by atoms with Gasteiger partial charge in [0.15, 0.2) is 0 Å². The maximum Gasteiger partial charge on any atom is 0.0670 e. The van der Waals surface area contributed by atoms with Crippen LogP contribution in [0.1, 0.15) is 0 Å². The molecule has 0 atom stereocenters. The van der Waals surface area contributed by atoms with E-state index in [0.717, 1.165) is 10.9 Å². The van der Waals surface area contributed by atoms with Crippen LogP contribution in [0, 0.1) is 0 Å². The van der Waals surface area contributed by atoms with Crippen molar-refractivity contribution < 1.29 is 0 Å². The van der Waals surface area contributed by atoms with Crippen LogP contribution in [-0.2, 0) is 7.05 Å². The maximum atomic E-state index is 4.20. The summed E-state index contributed by atoms with van der Waals surface area (Å²) in [6.07, 6.45) is 9.64. The topological polar surface area (TPSA) is 30.7 Å². The highest BCUT2D eigenvalue weighted by atomic mass is 14.9. The van der Waals surface area contributed by atoms with Crippen molar-refractivity contribution in [3.8, 4) is 11.1 Å². The second-order valence-corrected chi connectivity index (χ2v) is 4.98. The Morgan fingerprint density at radius 2 is 1.75 bits per heavy atom. The number of aromatic nitrogens is 3. The molecular formula is C17H13N3. The molecule has 0 saturated carbocycles. The van der Waals surface area contributed by atoms with Gasteiger partial charge in [0.25, 0.3) is 0 Å². The molecule has 0 amide bonds. The van der Waals surface area contributed by atoms with Gasteiger partial charge in [-0.1, -0.05) is 12.1 Å². The minimum atomic E-state index is 1.15. The summed E-state index contributed by atoms with van der Waals surface area (Å²) >= 11 is 0. The van der Waals surface area contributed by atoms with E-state index < -0.39 is 0 Å². The predicted octanol–water partition coefficient (Wildman–Crippen LogP) is 3.79. The van der Waals surface area contributed by atoms with Crippen molar-refractivity contribution in [3.63, 3.8) is 0 Å². The first kappa shape index (κ1) is 11.2. The molecule has 0 N–H and O–H groups in total. The molecule has 3 heterocycles. The Morgan fingerprint density at radius 1 is 0.900 bits per heavy atom. The van der Waals surface area contributed by atoms with Crippen molar-refractivity contribution in [2.24, 2.45) is 7.05 Å². The molecule has 0 aliphatic rings. The molecule has 0 bridgehead atoms. The number of benzene rings is 1. The first-order chi connectivity index (χ1) is 9.83. The number of nitrogens with zero attached hydrogens (tertiary/aromatic N) is 3. The van der Waals surface area contributed by atoms with Gasteiger partial charge in [-0.25, -0.2) is 0 Å². The van der Waals surface area contributed by atoms with E-state index in [1.807, 2.05) is 30.9 Å². The average Bonchev–Trinajstić information content (AvgIpc) is 2.85. The van der Waals surface area contributed by atoms with Crippen LogP contribution in [0.5, 0.6) is 0 Å². The molecule has 3 aromatic heterocycles. The minimum absolute atomic E-state index is 1.15. The Labute approximate surface area is 116 Å². The van der Waals surface area contributed by atoms with Crippen molar-refractivity contribution in [2.75, 3.05) is 0 Å². The molecular weight excluding hydrogens is 246 g/mol. The fraction of sp³-hybridized carbons (Fsp3) is 0.0588. The summed E-state index contributed by atoms with van der Waals surface area (Å²) in [5.41, 5.74) is 3.61. The van der Waals surface area contributed by atoms with E-state index in [0.29, 0.717) is 0 Å². The summed E-state index contributed by atoms with van der Waals surface area (Å²) in [5, 5.41) is 3.61. The molecule has 0 radical (unpaired) electrons. The molecule has 0 unspecified atom stereocenters. The van der Waals surface area contributed by atoms with Crippen molar-refractivity contribution in [3.05, 3.63) is 61.3 Å². The zero-order chi connectivity index (χ0) is 13.5. The van der Waals surface area contributed by atoms with Gasteiger partial charge in [0, 0.05) is 48.2 Å². The van der Waals surface area contributed by atoms with E-state index in [9.17, 15) is 0 Å². The van der Waals surface area contributed by atoms with E-state index in [4.69, 9.17) is 0 Å². The molecule has 0 saturated heterocycles. The Balaban J connectivity index is 2.01. The number of hydrogen-bond acceptors (Lipinski definition) is 2. The molecule has 0 spiro atoms. The normalized spacial score (nSPS) is 11.2. The van der Waals surface area contributed by atoms with Gasteiger partial charge in [-0.3, -0.25) is 9.97 Å². The summed E-state index contributed by atoms with van der Waals surface area (Å²) in [4.78, 5) is 8.36. The lowest BCUT2D eigenvalue weighted by atomic mass is 10.0. The van der Waals surface area contributed by atoms with E-state index in [1.165, 1.54) is 21.9 Å². The molecule has 0 aliphatic carbocycles. The van der Waals surface area contributed by atoms with Gasteiger partial charge in [-0.05, 0) is 29.1 Å². The SMILES string of the molecule is Cn1cc(-c2ccc3cnccc3c2)c2ccncc21. The van der Waals surface area contributed by atoms with Gasteiger partial charge >= 0.3 is 0 Å². The van der Waals surface area contributed by atoms with Gasteiger partial charge in [-0.15, -0.1) is 0 Å².